The standard InChI is InChI=1S/C21H18O3/c1-23-16-12-13-17(15-8-4-3-5-9-15)19(14-16)21(22)18-10-6-7-11-20(18)24-2/h3-14H,1-2H3. The molecule has 0 bridgehead atoms. The Morgan fingerprint density at radius 2 is 1.46 bits per heavy atom. The van der Waals surface area contributed by atoms with Gasteiger partial charge in [0.2, 0.25) is 0 Å². The zero-order valence-corrected chi connectivity index (χ0v) is 13.7. The Balaban J connectivity index is 2.17. The first kappa shape index (κ1) is 15.8. The third kappa shape index (κ3) is 3.01. The number of carbonyl (C=O) groups is 1. The van der Waals surface area contributed by atoms with E-state index in [1.807, 2.05) is 54.6 Å². The average molecular weight is 318 g/mol. The quantitative estimate of drug-likeness (QED) is 0.645. The fourth-order valence-electron chi connectivity index (χ4n) is 2.68. The highest BCUT2D eigenvalue weighted by Crippen LogP contribution is 2.31. The van der Waals surface area contributed by atoms with Crippen molar-refractivity contribution in [3.8, 4) is 22.6 Å². The molecule has 3 aromatic rings. The van der Waals surface area contributed by atoms with Gasteiger partial charge in [0.25, 0.3) is 0 Å². The highest BCUT2D eigenvalue weighted by molar-refractivity contribution is 6.14. The summed E-state index contributed by atoms with van der Waals surface area (Å²) in [7, 11) is 3.16. The Hall–Kier alpha value is -3.07. The van der Waals surface area contributed by atoms with Crippen molar-refractivity contribution in [3.63, 3.8) is 0 Å². The minimum absolute atomic E-state index is 0.0924. The molecule has 24 heavy (non-hydrogen) atoms. The van der Waals surface area contributed by atoms with Crippen molar-refractivity contribution in [1.29, 1.82) is 0 Å². The van der Waals surface area contributed by atoms with E-state index in [0.717, 1.165) is 11.1 Å². The van der Waals surface area contributed by atoms with Crippen LogP contribution >= 0.6 is 0 Å². The van der Waals surface area contributed by atoms with Crippen molar-refractivity contribution in [1.82, 2.24) is 0 Å². The first-order chi connectivity index (χ1) is 11.7. The van der Waals surface area contributed by atoms with Gasteiger partial charge >= 0.3 is 0 Å². The van der Waals surface area contributed by atoms with E-state index < -0.39 is 0 Å². The minimum atomic E-state index is -0.0924. The van der Waals surface area contributed by atoms with Gasteiger partial charge in [-0.3, -0.25) is 4.79 Å². The lowest BCUT2D eigenvalue weighted by Crippen LogP contribution is -2.06. The fourth-order valence-corrected chi connectivity index (χ4v) is 2.68. The number of carbonyl (C=O) groups excluding carboxylic acids is 1. The van der Waals surface area contributed by atoms with Gasteiger partial charge in [-0.05, 0) is 41.5 Å². The SMILES string of the molecule is COc1ccc(-c2ccccc2)c(C(=O)c2ccccc2OC)c1. The molecule has 0 aliphatic heterocycles. The molecule has 0 heterocycles. The zero-order valence-electron chi connectivity index (χ0n) is 13.7. The third-order valence-corrected chi connectivity index (χ3v) is 3.91. The molecule has 0 radical (unpaired) electrons. The van der Waals surface area contributed by atoms with Gasteiger partial charge in [-0.25, -0.2) is 0 Å². The Morgan fingerprint density at radius 3 is 2.17 bits per heavy atom. The summed E-state index contributed by atoms with van der Waals surface area (Å²) in [5.41, 5.74) is 2.97. The molecule has 0 saturated heterocycles. The first-order valence-corrected chi connectivity index (χ1v) is 7.65. The van der Waals surface area contributed by atoms with Crippen LogP contribution in [0.2, 0.25) is 0 Å². The summed E-state index contributed by atoms with van der Waals surface area (Å²) in [6, 6.07) is 22.6. The molecule has 0 unspecified atom stereocenters. The minimum Gasteiger partial charge on any atom is -0.497 e. The molecular formula is C21H18O3. The Bertz CT molecular complexity index is 854. The van der Waals surface area contributed by atoms with Gasteiger partial charge in [0.15, 0.2) is 5.78 Å². The maximum atomic E-state index is 13.2. The van der Waals surface area contributed by atoms with E-state index in [9.17, 15) is 4.79 Å². The van der Waals surface area contributed by atoms with E-state index in [2.05, 4.69) is 0 Å². The lowest BCUT2D eigenvalue weighted by atomic mass is 9.93. The van der Waals surface area contributed by atoms with Crippen LogP contribution in [0, 0.1) is 0 Å². The normalized spacial score (nSPS) is 10.2. The number of ether oxygens (including phenoxy) is 2. The van der Waals surface area contributed by atoms with Gasteiger partial charge < -0.3 is 9.47 Å². The summed E-state index contributed by atoms with van der Waals surface area (Å²) in [6.07, 6.45) is 0. The smallest absolute Gasteiger partial charge is 0.197 e. The number of hydrogen-bond donors (Lipinski definition) is 0. The average Bonchev–Trinajstić information content (AvgIpc) is 2.67. The molecule has 3 aromatic carbocycles. The second kappa shape index (κ2) is 7.01. The maximum Gasteiger partial charge on any atom is 0.197 e. The van der Waals surface area contributed by atoms with Crippen LogP contribution in [-0.2, 0) is 0 Å². The number of benzene rings is 3. The van der Waals surface area contributed by atoms with Gasteiger partial charge in [0, 0.05) is 5.56 Å². The van der Waals surface area contributed by atoms with Crippen LogP contribution < -0.4 is 9.47 Å². The van der Waals surface area contributed by atoms with Crippen LogP contribution in [0.1, 0.15) is 15.9 Å². The molecule has 3 heteroatoms. The van der Waals surface area contributed by atoms with Gasteiger partial charge in [-0.1, -0.05) is 42.5 Å². The van der Waals surface area contributed by atoms with E-state index >= 15 is 0 Å². The predicted octanol–water partition coefficient (Wildman–Crippen LogP) is 4.60. The van der Waals surface area contributed by atoms with Crippen LogP contribution in [0.3, 0.4) is 0 Å². The molecule has 0 aliphatic rings. The van der Waals surface area contributed by atoms with Crippen molar-refractivity contribution < 1.29 is 14.3 Å². The molecule has 0 fully saturated rings. The topological polar surface area (TPSA) is 35.5 Å². The zero-order chi connectivity index (χ0) is 16.9. The molecule has 0 aliphatic carbocycles. The Kier molecular flexibility index (Phi) is 4.62. The van der Waals surface area contributed by atoms with Gasteiger partial charge in [0.1, 0.15) is 11.5 Å². The summed E-state index contributed by atoms with van der Waals surface area (Å²) in [5.74, 6) is 1.11. The summed E-state index contributed by atoms with van der Waals surface area (Å²) >= 11 is 0. The summed E-state index contributed by atoms with van der Waals surface area (Å²) in [5, 5.41) is 0. The highest BCUT2D eigenvalue weighted by Gasteiger charge is 2.19. The lowest BCUT2D eigenvalue weighted by Gasteiger charge is -2.13. The largest absolute Gasteiger partial charge is 0.497 e. The van der Waals surface area contributed by atoms with Crippen LogP contribution in [0.4, 0.5) is 0 Å². The number of methoxy groups -OCH3 is 2. The Labute approximate surface area is 141 Å². The van der Waals surface area contributed by atoms with E-state index in [-0.39, 0.29) is 5.78 Å². The molecule has 0 aromatic heterocycles. The molecule has 0 atom stereocenters. The van der Waals surface area contributed by atoms with Crippen molar-refractivity contribution in [2.45, 2.75) is 0 Å². The predicted molar refractivity (Wildman–Crippen MR) is 94.9 cm³/mol. The number of hydrogen-bond acceptors (Lipinski definition) is 3. The summed E-state index contributed by atoms with van der Waals surface area (Å²) in [6.45, 7) is 0. The molecule has 0 amide bonds. The van der Waals surface area contributed by atoms with E-state index in [0.29, 0.717) is 22.6 Å². The van der Waals surface area contributed by atoms with Gasteiger partial charge in [0.05, 0.1) is 19.8 Å². The van der Waals surface area contributed by atoms with Gasteiger partial charge in [-0.2, -0.15) is 0 Å². The molecule has 0 saturated carbocycles. The second-order valence-corrected chi connectivity index (χ2v) is 5.31. The first-order valence-electron chi connectivity index (χ1n) is 7.65. The monoisotopic (exact) mass is 318 g/mol. The van der Waals surface area contributed by atoms with E-state index in [1.165, 1.54) is 0 Å². The van der Waals surface area contributed by atoms with Crippen LogP contribution in [0.25, 0.3) is 11.1 Å². The van der Waals surface area contributed by atoms with Crippen molar-refractivity contribution in [2.24, 2.45) is 0 Å². The molecule has 0 spiro atoms. The molecule has 3 nitrogen and oxygen atoms in total. The molecular weight excluding hydrogens is 300 g/mol. The number of ketones is 1. The van der Waals surface area contributed by atoms with E-state index in [4.69, 9.17) is 9.47 Å². The lowest BCUT2D eigenvalue weighted by molar-refractivity contribution is 0.103. The van der Waals surface area contributed by atoms with E-state index in [1.54, 1.807) is 32.4 Å². The van der Waals surface area contributed by atoms with Crippen molar-refractivity contribution in [2.75, 3.05) is 14.2 Å². The number of rotatable bonds is 5. The number of para-hydroxylation sites is 1. The highest BCUT2D eigenvalue weighted by atomic mass is 16.5. The van der Waals surface area contributed by atoms with Crippen LogP contribution in [0.15, 0.2) is 72.8 Å². The van der Waals surface area contributed by atoms with Crippen molar-refractivity contribution in [3.05, 3.63) is 83.9 Å². The second-order valence-electron chi connectivity index (χ2n) is 5.31. The fraction of sp³-hybridized carbons (Fsp3) is 0.0952. The van der Waals surface area contributed by atoms with Crippen LogP contribution in [0.5, 0.6) is 11.5 Å². The molecule has 120 valence electrons. The maximum absolute atomic E-state index is 13.2. The van der Waals surface area contributed by atoms with Gasteiger partial charge in [-0.15, -0.1) is 0 Å². The third-order valence-electron chi connectivity index (χ3n) is 3.91. The summed E-state index contributed by atoms with van der Waals surface area (Å²) < 4.78 is 10.6. The summed E-state index contributed by atoms with van der Waals surface area (Å²) in [4.78, 5) is 13.2. The Morgan fingerprint density at radius 1 is 0.750 bits per heavy atom. The molecule has 0 N–H and O–H groups in total. The molecule has 3 rings (SSSR count). The van der Waals surface area contributed by atoms with Crippen molar-refractivity contribution >= 4 is 5.78 Å². The van der Waals surface area contributed by atoms with Crippen LogP contribution in [-0.4, -0.2) is 20.0 Å².